The molecule has 2 aromatic heterocycles. The summed E-state index contributed by atoms with van der Waals surface area (Å²) in [6, 6.07) is 5.72. The van der Waals surface area contributed by atoms with E-state index in [1.165, 1.54) is 0 Å². The molecule has 1 aromatic carbocycles. The SMILES string of the molecule is Nc1c(Br)cccc1-c1nnc2cnccn12. The van der Waals surface area contributed by atoms with Gasteiger partial charge in [0.15, 0.2) is 11.5 Å². The standard InChI is InChI=1S/C11H8BrN5/c12-8-3-1-2-7(10(8)13)11-16-15-9-6-14-4-5-17(9)11/h1-6H,13H2. The Morgan fingerprint density at radius 3 is 3.00 bits per heavy atom. The molecule has 0 aliphatic rings. The van der Waals surface area contributed by atoms with Crippen LogP contribution in [0.1, 0.15) is 0 Å². The first-order valence-electron chi connectivity index (χ1n) is 4.96. The van der Waals surface area contributed by atoms with Crippen molar-refractivity contribution in [3.05, 3.63) is 41.3 Å². The zero-order chi connectivity index (χ0) is 11.8. The van der Waals surface area contributed by atoms with Gasteiger partial charge in [-0.05, 0) is 28.1 Å². The Morgan fingerprint density at radius 2 is 2.12 bits per heavy atom. The van der Waals surface area contributed by atoms with Crippen LogP contribution < -0.4 is 5.73 Å². The van der Waals surface area contributed by atoms with Gasteiger partial charge in [0.2, 0.25) is 0 Å². The van der Waals surface area contributed by atoms with E-state index in [2.05, 4.69) is 31.1 Å². The number of aromatic nitrogens is 4. The third-order valence-corrected chi connectivity index (χ3v) is 3.20. The van der Waals surface area contributed by atoms with Crippen LogP contribution in [-0.2, 0) is 0 Å². The van der Waals surface area contributed by atoms with Crippen LogP contribution in [0.4, 0.5) is 5.69 Å². The van der Waals surface area contributed by atoms with Crippen LogP contribution in [0.3, 0.4) is 0 Å². The second-order valence-electron chi connectivity index (χ2n) is 3.53. The van der Waals surface area contributed by atoms with Gasteiger partial charge in [0.1, 0.15) is 0 Å². The molecule has 0 saturated heterocycles. The van der Waals surface area contributed by atoms with E-state index in [1.807, 2.05) is 28.8 Å². The summed E-state index contributed by atoms with van der Waals surface area (Å²) < 4.78 is 2.70. The number of anilines is 1. The molecule has 0 aliphatic carbocycles. The van der Waals surface area contributed by atoms with Crippen LogP contribution in [0, 0.1) is 0 Å². The number of nitrogens with two attached hydrogens (primary N) is 1. The van der Waals surface area contributed by atoms with Crippen molar-refractivity contribution >= 4 is 27.3 Å². The lowest BCUT2D eigenvalue weighted by Crippen LogP contribution is -1.95. The molecular formula is C11H8BrN5. The summed E-state index contributed by atoms with van der Waals surface area (Å²) in [7, 11) is 0. The van der Waals surface area contributed by atoms with Crippen molar-refractivity contribution in [3.8, 4) is 11.4 Å². The average Bonchev–Trinajstić information content (AvgIpc) is 2.77. The Labute approximate surface area is 105 Å². The molecule has 0 saturated carbocycles. The molecule has 84 valence electrons. The number of para-hydroxylation sites is 1. The second kappa shape index (κ2) is 3.81. The molecule has 3 aromatic rings. The van der Waals surface area contributed by atoms with Crippen molar-refractivity contribution in [2.24, 2.45) is 0 Å². The third-order valence-electron chi connectivity index (χ3n) is 2.51. The maximum Gasteiger partial charge on any atom is 0.179 e. The minimum Gasteiger partial charge on any atom is -0.397 e. The Kier molecular flexibility index (Phi) is 2.29. The Balaban J connectivity index is 2.31. The Bertz CT molecular complexity index is 691. The fourth-order valence-electron chi connectivity index (χ4n) is 1.67. The van der Waals surface area contributed by atoms with E-state index in [1.54, 1.807) is 12.4 Å². The number of halogens is 1. The molecule has 17 heavy (non-hydrogen) atoms. The molecule has 0 atom stereocenters. The summed E-state index contributed by atoms with van der Waals surface area (Å²) in [5.41, 5.74) is 8.21. The zero-order valence-corrected chi connectivity index (χ0v) is 10.3. The summed E-state index contributed by atoms with van der Waals surface area (Å²) in [5, 5.41) is 8.19. The summed E-state index contributed by atoms with van der Waals surface area (Å²) in [6.07, 6.45) is 5.16. The van der Waals surface area contributed by atoms with Crippen LogP contribution in [0.2, 0.25) is 0 Å². The van der Waals surface area contributed by atoms with Gasteiger partial charge in [-0.2, -0.15) is 0 Å². The summed E-state index contributed by atoms with van der Waals surface area (Å²) in [6.45, 7) is 0. The number of benzene rings is 1. The van der Waals surface area contributed by atoms with Crippen LogP contribution in [0.15, 0.2) is 41.3 Å². The first kappa shape index (κ1) is 10.2. The Morgan fingerprint density at radius 1 is 1.24 bits per heavy atom. The number of hydrogen-bond donors (Lipinski definition) is 1. The third kappa shape index (κ3) is 1.57. The lowest BCUT2D eigenvalue weighted by Gasteiger charge is -2.05. The Hall–Kier alpha value is -1.95. The summed E-state index contributed by atoms with van der Waals surface area (Å²) >= 11 is 3.40. The van der Waals surface area contributed by atoms with E-state index in [9.17, 15) is 0 Å². The van der Waals surface area contributed by atoms with E-state index >= 15 is 0 Å². The van der Waals surface area contributed by atoms with Gasteiger partial charge in [0.25, 0.3) is 0 Å². The molecule has 0 fully saturated rings. The van der Waals surface area contributed by atoms with Crippen molar-refractivity contribution < 1.29 is 0 Å². The number of nitrogens with zero attached hydrogens (tertiary/aromatic N) is 4. The first-order chi connectivity index (χ1) is 8.27. The smallest absolute Gasteiger partial charge is 0.179 e. The molecule has 2 heterocycles. The van der Waals surface area contributed by atoms with Crippen LogP contribution in [0.25, 0.3) is 17.0 Å². The predicted octanol–water partition coefficient (Wildman–Crippen LogP) is 2.14. The first-order valence-corrected chi connectivity index (χ1v) is 5.76. The number of hydrogen-bond acceptors (Lipinski definition) is 4. The predicted molar refractivity (Wildman–Crippen MR) is 68.3 cm³/mol. The van der Waals surface area contributed by atoms with Crippen molar-refractivity contribution in [3.63, 3.8) is 0 Å². The van der Waals surface area contributed by atoms with Gasteiger partial charge >= 0.3 is 0 Å². The molecular weight excluding hydrogens is 282 g/mol. The lowest BCUT2D eigenvalue weighted by atomic mass is 10.2. The summed E-state index contributed by atoms with van der Waals surface area (Å²) in [4.78, 5) is 4.00. The quantitative estimate of drug-likeness (QED) is 0.697. The highest BCUT2D eigenvalue weighted by Gasteiger charge is 2.11. The lowest BCUT2D eigenvalue weighted by molar-refractivity contribution is 1.11. The van der Waals surface area contributed by atoms with Gasteiger partial charge in [-0.15, -0.1) is 10.2 Å². The molecule has 6 heteroatoms. The topological polar surface area (TPSA) is 69.1 Å². The molecule has 0 unspecified atom stereocenters. The van der Waals surface area contributed by atoms with E-state index in [0.717, 1.165) is 10.0 Å². The fourth-order valence-corrected chi connectivity index (χ4v) is 2.04. The second-order valence-corrected chi connectivity index (χ2v) is 4.38. The van der Waals surface area contributed by atoms with Gasteiger partial charge in [0.05, 0.1) is 11.9 Å². The van der Waals surface area contributed by atoms with Crippen LogP contribution >= 0.6 is 15.9 Å². The summed E-state index contributed by atoms with van der Waals surface area (Å²) in [5.74, 6) is 0.709. The monoisotopic (exact) mass is 289 g/mol. The van der Waals surface area contributed by atoms with Gasteiger partial charge in [-0.25, -0.2) is 0 Å². The molecule has 0 aliphatic heterocycles. The molecule has 5 nitrogen and oxygen atoms in total. The maximum atomic E-state index is 6.02. The molecule has 0 bridgehead atoms. The largest absolute Gasteiger partial charge is 0.397 e. The van der Waals surface area contributed by atoms with Gasteiger partial charge in [-0.3, -0.25) is 9.38 Å². The van der Waals surface area contributed by atoms with E-state index in [4.69, 9.17) is 5.73 Å². The van der Waals surface area contributed by atoms with Gasteiger partial charge in [0, 0.05) is 22.4 Å². The van der Waals surface area contributed by atoms with Crippen molar-refractivity contribution in [2.45, 2.75) is 0 Å². The maximum absolute atomic E-state index is 6.02. The highest BCUT2D eigenvalue weighted by molar-refractivity contribution is 9.10. The molecule has 0 radical (unpaired) electrons. The number of fused-ring (bicyclic) bond motifs is 1. The highest BCUT2D eigenvalue weighted by Crippen LogP contribution is 2.30. The number of nitrogen functional groups attached to an aromatic ring is 1. The van der Waals surface area contributed by atoms with Crippen LogP contribution in [0.5, 0.6) is 0 Å². The number of rotatable bonds is 1. The van der Waals surface area contributed by atoms with Crippen LogP contribution in [-0.4, -0.2) is 19.6 Å². The highest BCUT2D eigenvalue weighted by atomic mass is 79.9. The minimum absolute atomic E-state index is 0.651. The van der Waals surface area contributed by atoms with E-state index in [0.29, 0.717) is 17.2 Å². The van der Waals surface area contributed by atoms with Gasteiger partial charge < -0.3 is 5.73 Å². The van der Waals surface area contributed by atoms with Crippen molar-refractivity contribution in [1.82, 2.24) is 19.6 Å². The molecule has 0 amide bonds. The molecule has 2 N–H and O–H groups in total. The normalized spacial score (nSPS) is 10.9. The fraction of sp³-hybridized carbons (Fsp3) is 0. The average molecular weight is 290 g/mol. The van der Waals surface area contributed by atoms with E-state index < -0.39 is 0 Å². The molecule has 3 rings (SSSR count). The van der Waals surface area contributed by atoms with E-state index in [-0.39, 0.29) is 0 Å². The molecule has 0 spiro atoms. The van der Waals surface area contributed by atoms with Gasteiger partial charge in [-0.1, -0.05) is 6.07 Å². The van der Waals surface area contributed by atoms with Crippen molar-refractivity contribution in [2.75, 3.05) is 5.73 Å². The van der Waals surface area contributed by atoms with Crippen molar-refractivity contribution in [1.29, 1.82) is 0 Å². The minimum atomic E-state index is 0.651. The zero-order valence-electron chi connectivity index (χ0n) is 8.71.